The molecule has 128 valence electrons. The van der Waals surface area contributed by atoms with Crippen molar-refractivity contribution in [1.29, 1.82) is 0 Å². The number of nitrogens with zero attached hydrogens (tertiary/aromatic N) is 1. The molecule has 1 aromatic rings. The average Bonchev–Trinajstić information content (AvgIpc) is 2.49. The van der Waals surface area contributed by atoms with Gasteiger partial charge in [0.1, 0.15) is 0 Å². The van der Waals surface area contributed by atoms with Crippen LogP contribution in [0.5, 0.6) is 0 Å². The van der Waals surface area contributed by atoms with Gasteiger partial charge in [-0.25, -0.2) is 0 Å². The fraction of sp³-hybridized carbons (Fsp3) is 0.533. The molecule has 1 fully saturated rings. The van der Waals surface area contributed by atoms with Gasteiger partial charge in [0.2, 0.25) is 5.91 Å². The van der Waals surface area contributed by atoms with Crippen molar-refractivity contribution in [2.75, 3.05) is 32.1 Å². The van der Waals surface area contributed by atoms with Crippen LogP contribution in [0, 0.1) is 0 Å². The van der Waals surface area contributed by atoms with Gasteiger partial charge in [0.25, 0.3) is 0 Å². The van der Waals surface area contributed by atoms with E-state index < -0.39 is 23.3 Å². The summed E-state index contributed by atoms with van der Waals surface area (Å²) in [5.74, 6) is -0.514. The number of nitrogens with one attached hydrogen (secondary N) is 1. The smallest absolute Gasteiger partial charge is 0.381 e. The molecule has 0 unspecified atom stereocenters. The highest BCUT2D eigenvalue weighted by molar-refractivity contribution is 6.34. The largest absolute Gasteiger partial charge is 0.418 e. The van der Waals surface area contributed by atoms with E-state index in [0.29, 0.717) is 13.1 Å². The van der Waals surface area contributed by atoms with E-state index in [9.17, 15) is 18.0 Å². The molecule has 1 amide bonds. The maximum Gasteiger partial charge on any atom is 0.418 e. The van der Waals surface area contributed by atoms with Gasteiger partial charge in [0, 0.05) is 20.2 Å². The lowest BCUT2D eigenvalue weighted by Crippen LogP contribution is -2.41. The van der Waals surface area contributed by atoms with Crippen molar-refractivity contribution in [2.45, 2.75) is 25.1 Å². The fourth-order valence-corrected chi connectivity index (χ4v) is 2.79. The van der Waals surface area contributed by atoms with Gasteiger partial charge < -0.3 is 10.1 Å². The van der Waals surface area contributed by atoms with Crippen LogP contribution in [0.4, 0.5) is 18.9 Å². The summed E-state index contributed by atoms with van der Waals surface area (Å²) in [7, 11) is 1.64. The number of anilines is 1. The van der Waals surface area contributed by atoms with Crippen molar-refractivity contribution in [2.24, 2.45) is 0 Å². The maximum absolute atomic E-state index is 13.0. The fourth-order valence-electron chi connectivity index (χ4n) is 2.57. The molecule has 4 nitrogen and oxygen atoms in total. The van der Waals surface area contributed by atoms with E-state index in [-0.39, 0.29) is 17.7 Å². The second-order valence-electron chi connectivity index (χ2n) is 5.42. The summed E-state index contributed by atoms with van der Waals surface area (Å²) >= 11 is 5.82. The normalized spacial score (nSPS) is 17.3. The van der Waals surface area contributed by atoms with Crippen LogP contribution < -0.4 is 5.32 Å². The van der Waals surface area contributed by atoms with Gasteiger partial charge in [-0.15, -0.1) is 0 Å². The van der Waals surface area contributed by atoms with Crippen LogP contribution in [-0.4, -0.2) is 43.7 Å². The zero-order chi connectivity index (χ0) is 17.0. The number of para-hydroxylation sites is 1. The summed E-state index contributed by atoms with van der Waals surface area (Å²) in [6.45, 7) is 1.36. The third-order valence-corrected chi connectivity index (χ3v) is 4.13. The van der Waals surface area contributed by atoms with Gasteiger partial charge in [-0.3, -0.25) is 9.69 Å². The molecule has 0 bridgehead atoms. The Labute approximate surface area is 137 Å². The van der Waals surface area contributed by atoms with Gasteiger partial charge >= 0.3 is 6.18 Å². The third kappa shape index (κ3) is 4.83. The second-order valence-corrected chi connectivity index (χ2v) is 5.83. The Morgan fingerprint density at radius 3 is 2.61 bits per heavy atom. The first kappa shape index (κ1) is 18.0. The van der Waals surface area contributed by atoms with Crippen molar-refractivity contribution in [1.82, 2.24) is 4.90 Å². The standard InChI is InChI=1S/C15H18ClF3N2O2/c1-23-10-5-7-21(8-6-10)9-13(22)20-14-11(15(17,18)19)3-2-4-12(14)16/h2-4,10H,5-9H2,1H3,(H,20,22). The molecule has 1 heterocycles. The average molecular weight is 351 g/mol. The summed E-state index contributed by atoms with van der Waals surface area (Å²) in [5.41, 5.74) is -1.34. The zero-order valence-electron chi connectivity index (χ0n) is 12.6. The lowest BCUT2D eigenvalue weighted by molar-refractivity contribution is -0.137. The van der Waals surface area contributed by atoms with Gasteiger partial charge in [0.05, 0.1) is 28.9 Å². The van der Waals surface area contributed by atoms with E-state index in [1.54, 1.807) is 7.11 Å². The number of hydrogen-bond donors (Lipinski definition) is 1. The molecule has 1 saturated heterocycles. The topological polar surface area (TPSA) is 41.6 Å². The molecule has 0 spiro atoms. The Balaban J connectivity index is 2.01. The predicted molar refractivity (Wildman–Crippen MR) is 81.6 cm³/mol. The molecule has 0 aliphatic carbocycles. The molecule has 1 aliphatic heterocycles. The van der Waals surface area contributed by atoms with Gasteiger partial charge in [-0.05, 0) is 25.0 Å². The Morgan fingerprint density at radius 1 is 1.39 bits per heavy atom. The first-order valence-corrected chi connectivity index (χ1v) is 7.59. The third-order valence-electron chi connectivity index (χ3n) is 3.82. The molecule has 0 saturated carbocycles. The number of methoxy groups -OCH3 is 1. The summed E-state index contributed by atoms with van der Waals surface area (Å²) in [6, 6.07) is 3.42. The van der Waals surface area contributed by atoms with E-state index in [1.807, 2.05) is 4.90 Å². The van der Waals surface area contributed by atoms with E-state index in [4.69, 9.17) is 16.3 Å². The summed E-state index contributed by atoms with van der Waals surface area (Å²) < 4.78 is 44.2. The van der Waals surface area contributed by atoms with Crippen molar-refractivity contribution >= 4 is 23.2 Å². The van der Waals surface area contributed by atoms with Crippen molar-refractivity contribution < 1.29 is 22.7 Å². The first-order valence-electron chi connectivity index (χ1n) is 7.22. The molecular formula is C15H18ClF3N2O2. The maximum atomic E-state index is 13.0. The molecule has 0 aromatic heterocycles. The van der Waals surface area contributed by atoms with E-state index in [1.165, 1.54) is 12.1 Å². The minimum atomic E-state index is -4.58. The Kier molecular flexibility index (Phi) is 5.89. The van der Waals surface area contributed by atoms with Crippen LogP contribution in [0.15, 0.2) is 18.2 Å². The summed E-state index contributed by atoms with van der Waals surface area (Å²) in [4.78, 5) is 13.9. The van der Waals surface area contributed by atoms with Crippen LogP contribution in [0.3, 0.4) is 0 Å². The SMILES string of the molecule is COC1CCN(CC(=O)Nc2c(Cl)cccc2C(F)(F)F)CC1. The number of piperidine rings is 1. The number of hydrogen-bond acceptors (Lipinski definition) is 3. The molecule has 8 heteroatoms. The van der Waals surface area contributed by atoms with Crippen LogP contribution >= 0.6 is 11.6 Å². The number of rotatable bonds is 4. The monoisotopic (exact) mass is 350 g/mol. The molecule has 1 aromatic carbocycles. The second kappa shape index (κ2) is 7.51. The number of carbonyl (C=O) groups is 1. The molecule has 23 heavy (non-hydrogen) atoms. The molecular weight excluding hydrogens is 333 g/mol. The van der Waals surface area contributed by atoms with Gasteiger partial charge in [-0.1, -0.05) is 17.7 Å². The Bertz CT molecular complexity index is 558. The minimum Gasteiger partial charge on any atom is -0.381 e. The first-order chi connectivity index (χ1) is 10.8. The number of halogens is 4. The van der Waals surface area contributed by atoms with Crippen molar-refractivity contribution in [3.63, 3.8) is 0 Å². The lowest BCUT2D eigenvalue weighted by atomic mass is 10.1. The van der Waals surface area contributed by atoms with E-state index >= 15 is 0 Å². The highest BCUT2D eigenvalue weighted by Gasteiger charge is 2.35. The quantitative estimate of drug-likeness (QED) is 0.904. The van der Waals surface area contributed by atoms with E-state index in [0.717, 1.165) is 18.9 Å². The summed E-state index contributed by atoms with van der Waals surface area (Å²) in [5, 5.41) is 2.16. The number of carbonyl (C=O) groups excluding carboxylic acids is 1. The van der Waals surface area contributed by atoms with Crippen LogP contribution in [0.1, 0.15) is 18.4 Å². The van der Waals surface area contributed by atoms with Crippen molar-refractivity contribution in [3.05, 3.63) is 28.8 Å². The van der Waals surface area contributed by atoms with E-state index in [2.05, 4.69) is 5.32 Å². The Morgan fingerprint density at radius 2 is 2.04 bits per heavy atom. The summed E-state index contributed by atoms with van der Waals surface area (Å²) in [6.07, 6.45) is -2.81. The minimum absolute atomic E-state index is 0.0267. The van der Waals surface area contributed by atoms with Crippen LogP contribution in [0.2, 0.25) is 5.02 Å². The molecule has 0 atom stereocenters. The molecule has 1 N–H and O–H groups in total. The molecule has 1 aliphatic rings. The number of ether oxygens (including phenoxy) is 1. The predicted octanol–water partition coefficient (Wildman–Crippen LogP) is 3.41. The van der Waals surface area contributed by atoms with Crippen LogP contribution in [0.25, 0.3) is 0 Å². The highest BCUT2D eigenvalue weighted by atomic mass is 35.5. The highest BCUT2D eigenvalue weighted by Crippen LogP contribution is 2.38. The number of amides is 1. The van der Waals surface area contributed by atoms with Gasteiger partial charge in [0.15, 0.2) is 0 Å². The molecule has 2 rings (SSSR count). The number of benzene rings is 1. The molecule has 0 radical (unpaired) electrons. The number of alkyl halides is 3. The van der Waals surface area contributed by atoms with Crippen molar-refractivity contribution in [3.8, 4) is 0 Å². The lowest BCUT2D eigenvalue weighted by Gasteiger charge is -2.30. The Hall–Kier alpha value is -1.31. The number of likely N-dealkylation sites (tertiary alicyclic amines) is 1. The zero-order valence-corrected chi connectivity index (χ0v) is 13.4. The van der Waals surface area contributed by atoms with Gasteiger partial charge in [-0.2, -0.15) is 13.2 Å². The van der Waals surface area contributed by atoms with Crippen LogP contribution in [-0.2, 0) is 15.7 Å².